The summed E-state index contributed by atoms with van der Waals surface area (Å²) in [6.07, 6.45) is 1.86. The van der Waals surface area contributed by atoms with E-state index in [2.05, 4.69) is 46.1 Å². The fraction of sp³-hybridized carbons (Fsp3) is 0.286. The number of rotatable bonds is 3. The van der Waals surface area contributed by atoms with E-state index < -0.39 is 0 Å². The predicted molar refractivity (Wildman–Crippen MR) is 79.6 cm³/mol. The van der Waals surface area contributed by atoms with Gasteiger partial charge < -0.3 is 4.90 Å². The fourth-order valence-corrected chi connectivity index (χ4v) is 2.25. The van der Waals surface area contributed by atoms with Gasteiger partial charge in [-0.2, -0.15) is 0 Å². The van der Waals surface area contributed by atoms with Crippen molar-refractivity contribution in [1.82, 2.24) is 4.98 Å². The second-order valence-electron chi connectivity index (χ2n) is 4.38. The van der Waals surface area contributed by atoms with E-state index in [0.717, 1.165) is 16.4 Å². The van der Waals surface area contributed by atoms with Gasteiger partial charge in [-0.25, -0.2) is 9.98 Å². The first-order chi connectivity index (χ1) is 8.56. The van der Waals surface area contributed by atoms with Crippen LogP contribution >= 0.6 is 11.3 Å². The lowest BCUT2D eigenvalue weighted by molar-refractivity contribution is 1.13. The Kier molecular flexibility index (Phi) is 3.77. The maximum absolute atomic E-state index is 4.40. The third-order valence-electron chi connectivity index (χ3n) is 2.75. The first-order valence-corrected chi connectivity index (χ1v) is 6.63. The molecule has 0 radical (unpaired) electrons. The Morgan fingerprint density at radius 1 is 1.17 bits per heavy atom. The van der Waals surface area contributed by atoms with Gasteiger partial charge in [0, 0.05) is 30.9 Å². The van der Waals surface area contributed by atoms with Crippen molar-refractivity contribution in [3.63, 3.8) is 0 Å². The standard InChI is InChI=1S/C14H17N3S/c1-10-11(2)18-14(16-10)15-9-12-5-7-13(8-6-12)17(3)4/h5-9H,1-4H3/b15-9+. The molecule has 0 aliphatic rings. The number of anilines is 1. The molecule has 1 aromatic carbocycles. The maximum atomic E-state index is 4.40. The summed E-state index contributed by atoms with van der Waals surface area (Å²) in [6, 6.07) is 8.29. The Labute approximate surface area is 112 Å². The predicted octanol–water partition coefficient (Wildman–Crippen LogP) is 3.58. The summed E-state index contributed by atoms with van der Waals surface area (Å²) in [5.41, 5.74) is 3.34. The highest BCUT2D eigenvalue weighted by atomic mass is 32.1. The van der Waals surface area contributed by atoms with Crippen LogP contribution in [-0.2, 0) is 0 Å². The van der Waals surface area contributed by atoms with Crippen LogP contribution in [0.25, 0.3) is 0 Å². The molecule has 94 valence electrons. The Hall–Kier alpha value is -1.68. The molecule has 3 nitrogen and oxygen atoms in total. The summed E-state index contributed by atoms with van der Waals surface area (Å²) >= 11 is 1.62. The van der Waals surface area contributed by atoms with Gasteiger partial charge in [-0.3, -0.25) is 0 Å². The first kappa shape index (κ1) is 12.8. The van der Waals surface area contributed by atoms with Gasteiger partial charge in [0.05, 0.1) is 5.69 Å². The highest BCUT2D eigenvalue weighted by Gasteiger charge is 2.00. The molecule has 18 heavy (non-hydrogen) atoms. The lowest BCUT2D eigenvalue weighted by Crippen LogP contribution is -2.08. The number of benzene rings is 1. The van der Waals surface area contributed by atoms with Gasteiger partial charge in [-0.15, -0.1) is 0 Å². The highest BCUT2D eigenvalue weighted by molar-refractivity contribution is 7.15. The Morgan fingerprint density at radius 2 is 1.83 bits per heavy atom. The quantitative estimate of drug-likeness (QED) is 0.788. The second-order valence-corrected chi connectivity index (χ2v) is 5.56. The number of aromatic nitrogens is 1. The molecule has 0 spiro atoms. The number of nitrogens with zero attached hydrogens (tertiary/aromatic N) is 3. The Bertz CT molecular complexity index is 533. The molecular formula is C14H17N3S. The normalized spacial score (nSPS) is 11.1. The summed E-state index contributed by atoms with van der Waals surface area (Å²) < 4.78 is 0. The van der Waals surface area contributed by atoms with Gasteiger partial charge in [0.25, 0.3) is 0 Å². The molecule has 0 fully saturated rings. The van der Waals surface area contributed by atoms with E-state index >= 15 is 0 Å². The van der Waals surface area contributed by atoms with Crippen LogP contribution in [0.3, 0.4) is 0 Å². The van der Waals surface area contributed by atoms with Crippen LogP contribution in [0.15, 0.2) is 29.3 Å². The van der Waals surface area contributed by atoms with E-state index in [-0.39, 0.29) is 0 Å². The van der Waals surface area contributed by atoms with Crippen LogP contribution in [0.4, 0.5) is 10.8 Å². The van der Waals surface area contributed by atoms with Crippen LogP contribution in [0.2, 0.25) is 0 Å². The molecule has 0 aliphatic heterocycles. The van der Waals surface area contributed by atoms with Crippen molar-refractivity contribution in [2.75, 3.05) is 19.0 Å². The molecule has 4 heteroatoms. The molecule has 0 saturated carbocycles. The summed E-state index contributed by atoms with van der Waals surface area (Å²) in [6.45, 7) is 4.08. The molecule has 1 aromatic heterocycles. The molecule has 2 aromatic rings. The topological polar surface area (TPSA) is 28.5 Å². The van der Waals surface area contributed by atoms with E-state index in [4.69, 9.17) is 0 Å². The van der Waals surface area contributed by atoms with Gasteiger partial charge in [-0.1, -0.05) is 23.5 Å². The molecular weight excluding hydrogens is 242 g/mol. The summed E-state index contributed by atoms with van der Waals surface area (Å²) in [7, 11) is 4.06. The van der Waals surface area contributed by atoms with E-state index in [9.17, 15) is 0 Å². The molecule has 1 heterocycles. The zero-order chi connectivity index (χ0) is 13.1. The van der Waals surface area contributed by atoms with Gasteiger partial charge in [-0.05, 0) is 31.5 Å². The van der Waals surface area contributed by atoms with Crippen molar-refractivity contribution in [2.45, 2.75) is 13.8 Å². The van der Waals surface area contributed by atoms with Crippen molar-refractivity contribution in [3.8, 4) is 0 Å². The van der Waals surface area contributed by atoms with Crippen LogP contribution in [0.1, 0.15) is 16.1 Å². The van der Waals surface area contributed by atoms with Gasteiger partial charge >= 0.3 is 0 Å². The third-order valence-corrected chi connectivity index (χ3v) is 3.73. The van der Waals surface area contributed by atoms with Crippen LogP contribution in [0, 0.1) is 13.8 Å². The van der Waals surface area contributed by atoms with E-state index in [1.807, 2.05) is 27.2 Å². The molecule has 0 saturated heterocycles. The molecule has 0 amide bonds. The average Bonchev–Trinajstić information content (AvgIpc) is 2.67. The van der Waals surface area contributed by atoms with Gasteiger partial charge in [0.1, 0.15) is 0 Å². The van der Waals surface area contributed by atoms with Crippen molar-refractivity contribution < 1.29 is 0 Å². The summed E-state index contributed by atoms with van der Waals surface area (Å²) in [5.74, 6) is 0. The van der Waals surface area contributed by atoms with Gasteiger partial charge in [0.15, 0.2) is 0 Å². The smallest absolute Gasteiger partial charge is 0.209 e. The molecule has 0 N–H and O–H groups in total. The van der Waals surface area contributed by atoms with E-state index in [1.54, 1.807) is 11.3 Å². The van der Waals surface area contributed by atoms with Crippen molar-refractivity contribution in [3.05, 3.63) is 40.4 Å². The minimum Gasteiger partial charge on any atom is -0.378 e. The largest absolute Gasteiger partial charge is 0.378 e. The summed E-state index contributed by atoms with van der Waals surface area (Å²) in [4.78, 5) is 12.1. The lowest BCUT2D eigenvalue weighted by Gasteiger charge is -2.11. The van der Waals surface area contributed by atoms with E-state index in [1.165, 1.54) is 10.6 Å². The molecule has 2 rings (SSSR count). The monoisotopic (exact) mass is 259 g/mol. The summed E-state index contributed by atoms with van der Waals surface area (Å²) in [5, 5.41) is 0.821. The van der Waals surface area contributed by atoms with Crippen LogP contribution < -0.4 is 4.90 Å². The Morgan fingerprint density at radius 3 is 2.33 bits per heavy atom. The zero-order valence-electron chi connectivity index (χ0n) is 11.1. The molecule has 0 aliphatic carbocycles. The molecule has 0 unspecified atom stereocenters. The average molecular weight is 259 g/mol. The number of hydrogen-bond acceptors (Lipinski definition) is 4. The van der Waals surface area contributed by atoms with E-state index in [0.29, 0.717) is 0 Å². The molecule has 0 bridgehead atoms. The lowest BCUT2D eigenvalue weighted by atomic mass is 10.2. The molecule has 0 atom stereocenters. The number of aliphatic imine (C=N–C) groups is 1. The third kappa shape index (κ3) is 2.96. The zero-order valence-corrected chi connectivity index (χ0v) is 12.0. The Balaban J connectivity index is 2.13. The SMILES string of the molecule is Cc1nc(/N=C/c2ccc(N(C)C)cc2)sc1C. The van der Waals surface area contributed by atoms with Crippen molar-refractivity contribution in [2.24, 2.45) is 4.99 Å². The van der Waals surface area contributed by atoms with Crippen LogP contribution in [-0.4, -0.2) is 25.3 Å². The number of aryl methyl sites for hydroxylation is 2. The van der Waals surface area contributed by atoms with Gasteiger partial charge in [0.2, 0.25) is 5.13 Å². The second kappa shape index (κ2) is 5.31. The fourth-order valence-electron chi connectivity index (χ4n) is 1.50. The van der Waals surface area contributed by atoms with Crippen LogP contribution in [0.5, 0.6) is 0 Å². The minimum absolute atomic E-state index is 0.821. The maximum Gasteiger partial charge on any atom is 0.209 e. The first-order valence-electron chi connectivity index (χ1n) is 5.82. The van der Waals surface area contributed by atoms with Crippen molar-refractivity contribution >= 4 is 28.4 Å². The number of thiazole rings is 1. The highest BCUT2D eigenvalue weighted by Crippen LogP contribution is 2.23. The van der Waals surface area contributed by atoms with Crippen molar-refractivity contribution in [1.29, 1.82) is 0 Å². The number of hydrogen-bond donors (Lipinski definition) is 0. The minimum atomic E-state index is 0.821.